The van der Waals surface area contributed by atoms with Crippen molar-refractivity contribution in [3.63, 3.8) is 0 Å². The van der Waals surface area contributed by atoms with Gasteiger partial charge in [0.2, 0.25) is 5.91 Å². The topological polar surface area (TPSA) is 85.6 Å². The number of hydrogen-bond donors (Lipinski definition) is 1. The van der Waals surface area contributed by atoms with Gasteiger partial charge in [-0.15, -0.1) is 0 Å². The minimum Gasteiger partial charge on any atom is -0.354 e. The van der Waals surface area contributed by atoms with E-state index in [1.807, 2.05) is 55.2 Å². The fourth-order valence-electron chi connectivity index (χ4n) is 4.43. The Morgan fingerprint density at radius 2 is 1.97 bits per heavy atom. The fourth-order valence-corrected chi connectivity index (χ4v) is 4.43. The van der Waals surface area contributed by atoms with E-state index in [9.17, 15) is 4.79 Å². The molecule has 1 aliphatic carbocycles. The molecule has 162 valence electrons. The lowest BCUT2D eigenvalue weighted by Gasteiger charge is -2.29. The van der Waals surface area contributed by atoms with Crippen molar-refractivity contribution in [1.29, 1.82) is 0 Å². The largest absolute Gasteiger partial charge is 0.354 e. The van der Waals surface area contributed by atoms with Crippen molar-refractivity contribution in [3.05, 3.63) is 60.3 Å². The van der Waals surface area contributed by atoms with E-state index in [-0.39, 0.29) is 5.91 Å². The predicted octanol–water partition coefficient (Wildman–Crippen LogP) is 3.70. The number of amides is 1. The molecule has 1 N–H and O–H groups in total. The van der Waals surface area contributed by atoms with Crippen LogP contribution in [0.25, 0.3) is 11.3 Å². The molecule has 1 aliphatic rings. The number of imidazole rings is 1. The zero-order valence-corrected chi connectivity index (χ0v) is 18.3. The van der Waals surface area contributed by atoms with Gasteiger partial charge in [-0.3, -0.25) is 9.78 Å². The molecule has 31 heavy (non-hydrogen) atoms. The van der Waals surface area contributed by atoms with Crippen molar-refractivity contribution in [1.82, 2.24) is 29.8 Å². The van der Waals surface area contributed by atoms with Gasteiger partial charge in [-0.2, -0.15) is 0 Å². The lowest BCUT2D eigenvalue weighted by atomic mass is 9.79. The molecule has 1 fully saturated rings. The maximum Gasteiger partial charge on any atom is 0.239 e. The van der Waals surface area contributed by atoms with Crippen LogP contribution in [-0.2, 0) is 17.8 Å². The normalized spacial score (nSPS) is 18.6. The summed E-state index contributed by atoms with van der Waals surface area (Å²) in [5.74, 6) is 2.71. The van der Waals surface area contributed by atoms with Gasteiger partial charge >= 0.3 is 0 Å². The first kappa shape index (κ1) is 21.2. The van der Waals surface area contributed by atoms with Crippen LogP contribution in [0.3, 0.4) is 0 Å². The van der Waals surface area contributed by atoms with Gasteiger partial charge in [0.25, 0.3) is 0 Å². The quantitative estimate of drug-likeness (QED) is 0.632. The number of aromatic nitrogens is 5. The molecule has 1 saturated carbocycles. The van der Waals surface area contributed by atoms with Crippen LogP contribution < -0.4 is 5.32 Å². The van der Waals surface area contributed by atoms with Crippen molar-refractivity contribution in [2.75, 3.05) is 6.54 Å². The molecule has 0 radical (unpaired) electrons. The van der Waals surface area contributed by atoms with Crippen molar-refractivity contribution in [2.24, 2.45) is 5.92 Å². The van der Waals surface area contributed by atoms with Crippen LogP contribution >= 0.6 is 0 Å². The SMILES string of the molecule is CCc1nccn1CC(=O)NCC1CCC(c2nc(C)ncc2-c2ccccn2)CC1. The summed E-state index contributed by atoms with van der Waals surface area (Å²) in [6.45, 7) is 5.06. The zero-order valence-electron chi connectivity index (χ0n) is 18.3. The summed E-state index contributed by atoms with van der Waals surface area (Å²) in [7, 11) is 0. The Morgan fingerprint density at radius 1 is 1.13 bits per heavy atom. The molecule has 1 amide bonds. The maximum atomic E-state index is 12.4. The van der Waals surface area contributed by atoms with E-state index in [1.54, 1.807) is 6.20 Å². The molecule has 3 aromatic heterocycles. The van der Waals surface area contributed by atoms with E-state index in [0.29, 0.717) is 18.4 Å². The second-order valence-electron chi connectivity index (χ2n) is 8.28. The summed E-state index contributed by atoms with van der Waals surface area (Å²) in [6.07, 6.45) is 12.5. The highest BCUT2D eigenvalue weighted by Gasteiger charge is 2.26. The molecule has 0 atom stereocenters. The molecular weight excluding hydrogens is 388 g/mol. The van der Waals surface area contributed by atoms with Crippen molar-refractivity contribution in [2.45, 2.75) is 58.4 Å². The first-order chi connectivity index (χ1) is 15.1. The summed E-state index contributed by atoms with van der Waals surface area (Å²) in [6, 6.07) is 5.94. The second kappa shape index (κ2) is 9.81. The van der Waals surface area contributed by atoms with E-state index in [4.69, 9.17) is 4.98 Å². The average Bonchev–Trinajstić information content (AvgIpc) is 3.25. The van der Waals surface area contributed by atoms with E-state index in [2.05, 4.69) is 20.3 Å². The molecule has 0 saturated heterocycles. The second-order valence-corrected chi connectivity index (χ2v) is 8.28. The standard InChI is InChI=1S/C24H30N6O/c1-3-22-26-12-13-30(22)16-23(31)28-14-18-7-9-19(10-8-18)24-20(15-27-17(2)29-24)21-6-4-5-11-25-21/h4-6,11-13,15,18-19H,3,7-10,14,16H2,1-2H3,(H,28,31). The summed E-state index contributed by atoms with van der Waals surface area (Å²) >= 11 is 0. The Kier molecular flexibility index (Phi) is 6.70. The average molecular weight is 419 g/mol. The number of carbonyl (C=O) groups is 1. The third-order valence-electron chi connectivity index (χ3n) is 6.13. The van der Waals surface area contributed by atoms with Gasteiger partial charge in [-0.05, 0) is 50.7 Å². The lowest BCUT2D eigenvalue weighted by molar-refractivity contribution is -0.121. The molecule has 4 rings (SSSR count). The van der Waals surface area contributed by atoms with Gasteiger partial charge in [0.15, 0.2) is 0 Å². The summed E-state index contributed by atoms with van der Waals surface area (Å²) in [4.78, 5) is 30.4. The molecule has 3 heterocycles. The molecule has 3 aromatic rings. The Labute approximate surface area is 183 Å². The molecule has 0 unspecified atom stereocenters. The van der Waals surface area contributed by atoms with Gasteiger partial charge in [-0.25, -0.2) is 15.0 Å². The van der Waals surface area contributed by atoms with Crippen LogP contribution in [-0.4, -0.2) is 37.0 Å². The molecule has 0 spiro atoms. The fraction of sp³-hybridized carbons (Fsp3) is 0.458. The summed E-state index contributed by atoms with van der Waals surface area (Å²) in [5.41, 5.74) is 3.08. The van der Waals surface area contributed by atoms with Crippen LogP contribution in [0.15, 0.2) is 43.0 Å². The smallest absolute Gasteiger partial charge is 0.239 e. The van der Waals surface area contributed by atoms with Crippen LogP contribution in [0.2, 0.25) is 0 Å². The van der Waals surface area contributed by atoms with E-state index in [0.717, 1.165) is 67.2 Å². The Balaban J connectivity index is 1.33. The first-order valence-corrected chi connectivity index (χ1v) is 11.2. The van der Waals surface area contributed by atoms with Crippen LogP contribution in [0, 0.1) is 12.8 Å². The highest BCUT2D eigenvalue weighted by molar-refractivity contribution is 5.75. The molecule has 0 bridgehead atoms. The predicted molar refractivity (Wildman–Crippen MR) is 119 cm³/mol. The number of nitrogens with zero attached hydrogens (tertiary/aromatic N) is 5. The highest BCUT2D eigenvalue weighted by Crippen LogP contribution is 2.38. The molecule has 7 nitrogen and oxygen atoms in total. The van der Waals surface area contributed by atoms with E-state index < -0.39 is 0 Å². The third kappa shape index (κ3) is 5.16. The molecule has 7 heteroatoms. The minimum absolute atomic E-state index is 0.0543. The number of hydrogen-bond acceptors (Lipinski definition) is 5. The molecule has 0 aromatic carbocycles. The highest BCUT2D eigenvalue weighted by atomic mass is 16.1. The number of carbonyl (C=O) groups excluding carboxylic acids is 1. The maximum absolute atomic E-state index is 12.4. The van der Waals surface area contributed by atoms with E-state index in [1.165, 1.54) is 0 Å². The number of nitrogens with one attached hydrogen (secondary N) is 1. The van der Waals surface area contributed by atoms with Crippen LogP contribution in [0.1, 0.15) is 55.9 Å². The molecular formula is C24H30N6O. The van der Waals surface area contributed by atoms with E-state index >= 15 is 0 Å². The monoisotopic (exact) mass is 418 g/mol. The summed E-state index contributed by atoms with van der Waals surface area (Å²) in [5, 5.41) is 3.12. The van der Waals surface area contributed by atoms with Crippen molar-refractivity contribution >= 4 is 5.91 Å². The van der Waals surface area contributed by atoms with Gasteiger partial charge in [0, 0.05) is 49.2 Å². The summed E-state index contributed by atoms with van der Waals surface area (Å²) < 4.78 is 1.92. The number of pyridine rings is 1. The minimum atomic E-state index is 0.0543. The Bertz CT molecular complexity index is 1010. The van der Waals surface area contributed by atoms with Gasteiger partial charge in [-0.1, -0.05) is 13.0 Å². The van der Waals surface area contributed by atoms with Crippen molar-refractivity contribution < 1.29 is 4.79 Å². The number of rotatable bonds is 7. The van der Waals surface area contributed by atoms with Crippen molar-refractivity contribution in [3.8, 4) is 11.3 Å². The van der Waals surface area contributed by atoms with Gasteiger partial charge in [0.1, 0.15) is 18.2 Å². The Hall–Kier alpha value is -3.09. The first-order valence-electron chi connectivity index (χ1n) is 11.2. The zero-order chi connectivity index (χ0) is 21.6. The van der Waals surface area contributed by atoms with Crippen LogP contribution in [0.4, 0.5) is 0 Å². The third-order valence-corrected chi connectivity index (χ3v) is 6.13. The van der Waals surface area contributed by atoms with Gasteiger partial charge < -0.3 is 9.88 Å². The number of aryl methyl sites for hydroxylation is 2. The Morgan fingerprint density at radius 3 is 2.71 bits per heavy atom. The molecule has 0 aliphatic heterocycles. The van der Waals surface area contributed by atoms with Gasteiger partial charge in [0.05, 0.1) is 11.4 Å². The van der Waals surface area contributed by atoms with Crippen LogP contribution in [0.5, 0.6) is 0 Å². The lowest BCUT2D eigenvalue weighted by Crippen LogP contribution is -2.33.